The average Bonchev–Trinajstić information content (AvgIpc) is 3.07. The molecule has 8 heteroatoms. The van der Waals surface area contributed by atoms with Crippen molar-refractivity contribution >= 4 is 14.3 Å². The van der Waals surface area contributed by atoms with Crippen LogP contribution in [0.2, 0.25) is 18.1 Å². The van der Waals surface area contributed by atoms with E-state index in [1.807, 2.05) is 44.2 Å². The number of ether oxygens (including phenoxy) is 5. The largest absolute Gasteiger partial charge is 0.463 e. The lowest BCUT2D eigenvalue weighted by Gasteiger charge is -2.41. The van der Waals surface area contributed by atoms with Crippen LogP contribution in [0, 0.1) is 0 Å². The van der Waals surface area contributed by atoms with Gasteiger partial charge in [0.2, 0.25) is 0 Å². The van der Waals surface area contributed by atoms with Gasteiger partial charge in [-0.05, 0) is 50.5 Å². The predicted octanol–water partition coefficient (Wildman–Crippen LogP) is 5.38. The second kappa shape index (κ2) is 11.9. The van der Waals surface area contributed by atoms with Gasteiger partial charge in [-0.25, -0.2) is 4.79 Å². The molecule has 1 saturated heterocycles. The highest BCUT2D eigenvalue weighted by molar-refractivity contribution is 6.74. The second-order valence-corrected chi connectivity index (χ2v) is 15.2. The van der Waals surface area contributed by atoms with Crippen molar-refractivity contribution in [2.24, 2.45) is 0 Å². The molecule has 1 heterocycles. The lowest BCUT2D eigenvalue weighted by Crippen LogP contribution is -2.47. The SMILES string of the molecule is CCOC(=O)/C=C\[C@H](OCOC)[C@H]1OC(C)(C)O[C@@H]1[C@@H](O[Si](C)(C)C(C)(C)C)c1ccccc1. The third-order valence-electron chi connectivity index (χ3n) is 6.23. The van der Waals surface area contributed by atoms with E-state index in [0.29, 0.717) is 6.61 Å². The summed E-state index contributed by atoms with van der Waals surface area (Å²) in [6.45, 7) is 16.9. The van der Waals surface area contributed by atoms with Crippen molar-refractivity contribution < 1.29 is 32.9 Å². The maximum absolute atomic E-state index is 12.0. The summed E-state index contributed by atoms with van der Waals surface area (Å²) >= 11 is 0. The highest BCUT2D eigenvalue weighted by atomic mass is 28.4. The Morgan fingerprint density at radius 1 is 1.15 bits per heavy atom. The van der Waals surface area contributed by atoms with Gasteiger partial charge in [-0.1, -0.05) is 51.1 Å². The first-order valence-corrected chi connectivity index (χ1v) is 14.8. The molecule has 7 nitrogen and oxygen atoms in total. The van der Waals surface area contributed by atoms with E-state index < -0.39 is 44.5 Å². The Labute approximate surface area is 205 Å². The number of rotatable bonds is 11. The van der Waals surface area contributed by atoms with E-state index >= 15 is 0 Å². The standard InChI is InChI=1S/C26H42O7Si/c1-10-29-21(27)17-16-20(30-18-28-7)23-24(32-26(5,6)31-23)22(19-14-12-11-13-15-19)33-34(8,9)25(2,3)4/h11-17,20,22-24H,10,18H2,1-9H3/b17-16-/t20-,22-,23+,24+/m0/s1. The fraction of sp³-hybridized carbons (Fsp3) is 0.654. The van der Waals surface area contributed by atoms with E-state index in [9.17, 15) is 4.79 Å². The fourth-order valence-corrected chi connectivity index (χ4v) is 4.80. The Hall–Kier alpha value is -1.55. The Kier molecular flexibility index (Phi) is 10.1. The van der Waals surface area contributed by atoms with Crippen LogP contribution in [0.5, 0.6) is 0 Å². The molecule has 1 aromatic carbocycles. The molecule has 0 unspecified atom stereocenters. The number of esters is 1. The van der Waals surface area contributed by atoms with Gasteiger partial charge in [0.25, 0.3) is 0 Å². The van der Waals surface area contributed by atoms with E-state index in [0.717, 1.165) is 5.56 Å². The van der Waals surface area contributed by atoms with Crippen molar-refractivity contribution in [1.29, 1.82) is 0 Å². The van der Waals surface area contributed by atoms with Crippen LogP contribution in [0.15, 0.2) is 42.5 Å². The van der Waals surface area contributed by atoms with Crippen LogP contribution >= 0.6 is 0 Å². The molecule has 0 bridgehead atoms. The van der Waals surface area contributed by atoms with Crippen LogP contribution in [0.3, 0.4) is 0 Å². The Bertz CT molecular complexity index is 801. The van der Waals surface area contributed by atoms with Crippen LogP contribution in [0.4, 0.5) is 0 Å². The van der Waals surface area contributed by atoms with Crippen LogP contribution in [-0.4, -0.2) is 58.9 Å². The smallest absolute Gasteiger partial charge is 0.330 e. The first-order valence-electron chi connectivity index (χ1n) is 11.8. The molecule has 192 valence electrons. The van der Waals surface area contributed by atoms with Gasteiger partial charge >= 0.3 is 5.97 Å². The number of hydrogen-bond donors (Lipinski definition) is 0. The molecular weight excluding hydrogens is 452 g/mol. The molecule has 1 fully saturated rings. The quantitative estimate of drug-likeness (QED) is 0.177. The van der Waals surface area contributed by atoms with E-state index in [-0.39, 0.29) is 11.8 Å². The number of benzene rings is 1. The van der Waals surface area contributed by atoms with Crippen LogP contribution < -0.4 is 0 Å². The van der Waals surface area contributed by atoms with E-state index in [1.54, 1.807) is 20.1 Å². The third kappa shape index (κ3) is 7.73. The van der Waals surface area contributed by atoms with Crippen molar-refractivity contribution in [3.05, 3.63) is 48.0 Å². The van der Waals surface area contributed by atoms with Gasteiger partial charge in [0, 0.05) is 13.2 Å². The highest BCUT2D eigenvalue weighted by Gasteiger charge is 2.51. The average molecular weight is 495 g/mol. The number of hydrogen-bond acceptors (Lipinski definition) is 7. The summed E-state index contributed by atoms with van der Waals surface area (Å²) in [7, 11) is -0.646. The van der Waals surface area contributed by atoms with Crippen LogP contribution in [-0.2, 0) is 32.9 Å². The third-order valence-corrected chi connectivity index (χ3v) is 10.7. The summed E-state index contributed by atoms with van der Waals surface area (Å²) in [6.07, 6.45) is 0.963. The highest BCUT2D eigenvalue weighted by Crippen LogP contribution is 2.45. The molecule has 0 N–H and O–H groups in total. The zero-order chi connectivity index (χ0) is 25.6. The summed E-state index contributed by atoms with van der Waals surface area (Å²) < 4.78 is 35.9. The molecule has 4 atom stereocenters. The summed E-state index contributed by atoms with van der Waals surface area (Å²) in [5.41, 5.74) is 1.00. The topological polar surface area (TPSA) is 72.5 Å². The first kappa shape index (κ1) is 28.7. The van der Waals surface area contributed by atoms with E-state index in [4.69, 9.17) is 28.1 Å². The molecule has 0 spiro atoms. The van der Waals surface area contributed by atoms with Gasteiger partial charge in [-0.2, -0.15) is 0 Å². The molecule has 1 aliphatic heterocycles. The van der Waals surface area contributed by atoms with Crippen molar-refractivity contribution in [3.63, 3.8) is 0 Å². The summed E-state index contributed by atoms with van der Waals surface area (Å²) in [5.74, 6) is -1.31. The summed E-state index contributed by atoms with van der Waals surface area (Å²) in [6, 6.07) is 10.1. The summed E-state index contributed by atoms with van der Waals surface area (Å²) in [5, 5.41) is 0.000269. The lowest BCUT2D eigenvalue weighted by atomic mass is 9.97. The zero-order valence-electron chi connectivity index (χ0n) is 22.1. The first-order chi connectivity index (χ1) is 15.8. The molecule has 0 aromatic heterocycles. The minimum Gasteiger partial charge on any atom is -0.463 e. The molecule has 0 aliphatic carbocycles. The van der Waals surface area contributed by atoms with Crippen LogP contribution in [0.25, 0.3) is 0 Å². The number of carbonyl (C=O) groups is 1. The van der Waals surface area contributed by atoms with Crippen molar-refractivity contribution in [2.45, 2.75) is 89.9 Å². The monoisotopic (exact) mass is 494 g/mol. The Morgan fingerprint density at radius 3 is 2.32 bits per heavy atom. The molecule has 1 aromatic rings. The number of carbonyl (C=O) groups excluding carboxylic acids is 1. The molecular formula is C26H42O7Si. The Morgan fingerprint density at radius 2 is 1.76 bits per heavy atom. The fourth-order valence-electron chi connectivity index (χ4n) is 3.54. The maximum atomic E-state index is 12.0. The number of methoxy groups -OCH3 is 1. The van der Waals surface area contributed by atoms with Crippen LogP contribution in [0.1, 0.15) is 53.2 Å². The lowest BCUT2D eigenvalue weighted by molar-refractivity contribution is -0.165. The van der Waals surface area contributed by atoms with Gasteiger partial charge < -0.3 is 28.1 Å². The molecule has 0 saturated carbocycles. The van der Waals surface area contributed by atoms with Gasteiger partial charge in [0.05, 0.1) is 12.7 Å². The minimum absolute atomic E-state index is 0.000269. The van der Waals surface area contributed by atoms with Gasteiger partial charge in [0.1, 0.15) is 25.1 Å². The van der Waals surface area contributed by atoms with Gasteiger partial charge in [-0.3, -0.25) is 0 Å². The molecule has 2 rings (SSSR count). The van der Waals surface area contributed by atoms with Gasteiger partial charge in [-0.15, -0.1) is 0 Å². The second-order valence-electron chi connectivity index (χ2n) is 10.4. The van der Waals surface area contributed by atoms with Gasteiger partial charge in [0.15, 0.2) is 14.1 Å². The van der Waals surface area contributed by atoms with E-state index in [2.05, 4.69) is 33.9 Å². The maximum Gasteiger partial charge on any atom is 0.330 e. The molecule has 1 aliphatic rings. The molecule has 0 radical (unpaired) electrons. The van der Waals surface area contributed by atoms with E-state index in [1.165, 1.54) is 6.08 Å². The molecule has 0 amide bonds. The predicted molar refractivity (Wildman–Crippen MR) is 134 cm³/mol. The zero-order valence-corrected chi connectivity index (χ0v) is 23.1. The normalized spacial score (nSPS) is 22.6. The van der Waals surface area contributed by atoms with Crippen molar-refractivity contribution in [3.8, 4) is 0 Å². The minimum atomic E-state index is -2.19. The molecule has 34 heavy (non-hydrogen) atoms. The van der Waals surface area contributed by atoms with Crippen molar-refractivity contribution in [2.75, 3.05) is 20.5 Å². The van der Waals surface area contributed by atoms with Crippen molar-refractivity contribution in [1.82, 2.24) is 0 Å². The summed E-state index contributed by atoms with van der Waals surface area (Å²) in [4.78, 5) is 12.0. The Balaban J connectivity index is 2.49.